The lowest BCUT2D eigenvalue weighted by molar-refractivity contribution is -0.190. The van der Waals surface area contributed by atoms with Gasteiger partial charge in [0.1, 0.15) is 11.3 Å². The largest absolute Gasteiger partial charge is 0.482 e. The number of hydrogen-bond acceptors (Lipinski definition) is 8. The highest BCUT2D eigenvalue weighted by molar-refractivity contribution is 5.90. The number of esters is 2. The lowest BCUT2D eigenvalue weighted by atomic mass is 9.71. The van der Waals surface area contributed by atoms with Crippen molar-refractivity contribution in [3.8, 4) is 17.6 Å². The summed E-state index contributed by atoms with van der Waals surface area (Å²) in [4.78, 5) is 42.2. The van der Waals surface area contributed by atoms with Gasteiger partial charge < -0.3 is 23.7 Å². The number of benzene rings is 4. The summed E-state index contributed by atoms with van der Waals surface area (Å²) in [5.74, 6) is 5.89. The second-order valence-corrected chi connectivity index (χ2v) is 17.1. The molecular weight excluding hydrogens is 753 g/mol. The van der Waals surface area contributed by atoms with Gasteiger partial charge in [-0.3, -0.25) is 4.79 Å². The summed E-state index contributed by atoms with van der Waals surface area (Å²) < 4.78 is 25.8. The van der Waals surface area contributed by atoms with Crippen LogP contribution in [0.25, 0.3) is 11.0 Å². The van der Waals surface area contributed by atoms with E-state index in [-0.39, 0.29) is 41.7 Å². The van der Waals surface area contributed by atoms with E-state index in [1.54, 1.807) is 12.1 Å². The van der Waals surface area contributed by atoms with E-state index in [0.29, 0.717) is 48.0 Å². The summed E-state index contributed by atoms with van der Waals surface area (Å²) in [6.45, 7) is 5.18. The van der Waals surface area contributed by atoms with Crippen molar-refractivity contribution in [1.82, 2.24) is 0 Å². The molecule has 4 aromatic carbocycles. The summed E-state index contributed by atoms with van der Waals surface area (Å²) in [6, 6.07) is 30.4. The van der Waals surface area contributed by atoms with Crippen LogP contribution in [-0.2, 0) is 44.9 Å². The van der Waals surface area contributed by atoms with Crippen LogP contribution in [0.5, 0.6) is 5.75 Å². The standard InChI is InChI=1S/C52H48O8/c1-31(2)40-18-15-33-16-19-41-37(25-33)13-7-8-23-52(3)50(59-51(40)56)49(47-44(60-52)22-21-43-39(30-53)29-46(55)57-48(43)47)58-45(54)28-38-27-36(17-20-42(38)41)35-14-9-12-34(26-35)24-32-10-5-4-6-11-32/h4-6,9-12,14,16-17,19-22,25-26,29,36,38,42,49-50,53H,13,15,18,23-24,27-28,30H2,1-3H3/t36-,38+,42+,49+,50-,52+/m0/s1. The first-order valence-electron chi connectivity index (χ1n) is 20.9. The molecule has 0 radical (unpaired) electrons. The molecule has 0 fully saturated rings. The zero-order valence-corrected chi connectivity index (χ0v) is 34.2. The van der Waals surface area contributed by atoms with E-state index in [0.717, 1.165) is 28.7 Å². The maximum absolute atomic E-state index is 14.8. The first-order valence-corrected chi connectivity index (χ1v) is 20.9. The lowest BCUT2D eigenvalue weighted by Crippen LogP contribution is -2.54. The molecule has 8 heteroatoms. The fourth-order valence-electron chi connectivity index (χ4n) is 9.66. The molecule has 3 aliphatic heterocycles. The number of hydrogen-bond donors (Lipinski definition) is 1. The fourth-order valence-corrected chi connectivity index (χ4v) is 9.66. The minimum Gasteiger partial charge on any atom is -0.482 e. The van der Waals surface area contributed by atoms with E-state index in [1.165, 1.54) is 22.8 Å². The molecule has 0 unspecified atom stereocenters. The third-order valence-electron chi connectivity index (χ3n) is 12.8. The summed E-state index contributed by atoms with van der Waals surface area (Å²) in [7, 11) is 0. The van der Waals surface area contributed by atoms with Crippen LogP contribution >= 0.6 is 0 Å². The number of fused-ring (bicyclic) bond motifs is 9. The Labute approximate surface area is 349 Å². The zero-order valence-electron chi connectivity index (χ0n) is 34.2. The van der Waals surface area contributed by atoms with Crippen molar-refractivity contribution in [3.63, 3.8) is 0 Å². The summed E-state index contributed by atoms with van der Waals surface area (Å²) >= 11 is 0. The van der Waals surface area contributed by atoms with Crippen LogP contribution in [0, 0.1) is 17.8 Å². The Morgan fingerprint density at radius 1 is 0.867 bits per heavy atom. The molecule has 1 aromatic heterocycles. The van der Waals surface area contributed by atoms with Gasteiger partial charge in [0, 0.05) is 41.7 Å². The molecule has 60 heavy (non-hydrogen) atoms. The molecule has 0 saturated carbocycles. The van der Waals surface area contributed by atoms with Gasteiger partial charge in [0.25, 0.3) is 0 Å². The molecule has 8 nitrogen and oxygen atoms in total. The number of rotatable bonds is 4. The van der Waals surface area contributed by atoms with Crippen LogP contribution in [0.15, 0.2) is 124 Å². The predicted molar refractivity (Wildman–Crippen MR) is 228 cm³/mol. The van der Waals surface area contributed by atoms with Crippen LogP contribution in [-0.4, -0.2) is 28.8 Å². The number of carbonyl (C=O) groups excluding carboxylic acids is 2. The third-order valence-corrected chi connectivity index (χ3v) is 12.8. The van der Waals surface area contributed by atoms with E-state index in [1.807, 2.05) is 26.8 Å². The summed E-state index contributed by atoms with van der Waals surface area (Å²) in [6.07, 6.45) is 5.42. The first kappa shape index (κ1) is 39.3. The Bertz CT molecular complexity index is 2690. The van der Waals surface area contributed by atoms with E-state index in [4.69, 9.17) is 18.6 Å². The van der Waals surface area contributed by atoms with Gasteiger partial charge in [0.2, 0.25) is 0 Å². The highest BCUT2D eigenvalue weighted by atomic mass is 16.6. The second-order valence-electron chi connectivity index (χ2n) is 17.1. The number of aliphatic hydroxyl groups is 1. The van der Waals surface area contributed by atoms with Crippen LogP contribution in [0.1, 0.15) is 109 Å². The average Bonchev–Trinajstić information content (AvgIpc) is 3.23. The van der Waals surface area contributed by atoms with Crippen LogP contribution in [0.4, 0.5) is 0 Å². The minimum atomic E-state index is -1.28. The molecule has 6 atom stereocenters. The summed E-state index contributed by atoms with van der Waals surface area (Å²) in [5, 5.41) is 10.7. The van der Waals surface area contributed by atoms with E-state index in [2.05, 4.69) is 90.7 Å². The molecule has 4 aliphatic rings. The average molecular weight is 801 g/mol. The molecule has 9 rings (SSSR count). The highest BCUT2D eigenvalue weighted by Crippen LogP contribution is 2.50. The number of aliphatic hydroxyl groups excluding tert-OH is 1. The molecule has 5 aromatic rings. The zero-order chi connectivity index (χ0) is 41.5. The Hall–Kier alpha value is -6.17. The quantitative estimate of drug-likeness (QED) is 0.0630. The van der Waals surface area contributed by atoms with Crippen molar-refractivity contribution in [2.24, 2.45) is 5.92 Å². The van der Waals surface area contributed by atoms with Crippen LogP contribution < -0.4 is 10.4 Å². The minimum absolute atomic E-state index is 0.0557. The van der Waals surface area contributed by atoms with Crippen molar-refractivity contribution < 1.29 is 33.3 Å². The normalized spacial score (nSPS) is 24.7. The van der Waals surface area contributed by atoms with E-state index < -0.39 is 42.0 Å². The first-order chi connectivity index (χ1) is 29.1. The van der Waals surface area contributed by atoms with Gasteiger partial charge in [-0.05, 0) is 103 Å². The SMILES string of the molecule is CC(C)=C1CCc2ccc3c(c2)CC#CC[C@@]2(C)Oc4ccc5c(CO)cc(=O)oc5c4[C@@H](OC(=O)C[C@H]4C[C@@H](c5cccc(Cc6ccccc6)c5)C=C[C@@H]34)[C@@H]2OC1=O. The summed E-state index contributed by atoms with van der Waals surface area (Å²) in [5.41, 5.74) is 7.07. The third kappa shape index (κ3) is 7.59. The van der Waals surface area contributed by atoms with Crippen molar-refractivity contribution in [2.75, 3.05) is 0 Å². The molecule has 1 aliphatic carbocycles. The van der Waals surface area contributed by atoms with Gasteiger partial charge in [-0.1, -0.05) is 102 Å². The Kier molecular flexibility index (Phi) is 10.6. The van der Waals surface area contributed by atoms with Crippen molar-refractivity contribution >= 4 is 22.9 Å². The van der Waals surface area contributed by atoms with E-state index in [9.17, 15) is 19.5 Å². The number of ether oxygens (including phenoxy) is 3. The Morgan fingerprint density at radius 3 is 2.52 bits per heavy atom. The molecule has 0 saturated heterocycles. The highest BCUT2D eigenvalue weighted by Gasteiger charge is 2.53. The molecule has 304 valence electrons. The van der Waals surface area contributed by atoms with Gasteiger partial charge >= 0.3 is 17.6 Å². The molecule has 1 N–H and O–H groups in total. The Morgan fingerprint density at radius 2 is 1.70 bits per heavy atom. The molecule has 0 spiro atoms. The number of aryl methyl sites for hydroxylation is 1. The topological polar surface area (TPSA) is 112 Å². The number of allylic oxidation sites excluding steroid dienone is 3. The van der Waals surface area contributed by atoms with Crippen molar-refractivity contribution in [2.45, 2.75) is 102 Å². The molecule has 0 amide bonds. The molecular formula is C52H48O8. The van der Waals surface area contributed by atoms with Crippen LogP contribution in [0.3, 0.4) is 0 Å². The van der Waals surface area contributed by atoms with Crippen molar-refractivity contribution in [3.05, 3.63) is 169 Å². The maximum atomic E-state index is 14.8. The maximum Gasteiger partial charge on any atom is 0.336 e. The molecule has 4 heterocycles. The van der Waals surface area contributed by atoms with Gasteiger partial charge in [-0.15, -0.1) is 0 Å². The lowest BCUT2D eigenvalue weighted by Gasteiger charge is -2.45. The Balaban J connectivity index is 1.20. The smallest absolute Gasteiger partial charge is 0.336 e. The van der Waals surface area contributed by atoms with Gasteiger partial charge in [-0.25, -0.2) is 9.59 Å². The predicted octanol–water partition coefficient (Wildman–Crippen LogP) is 9.29. The fraction of sp³-hybridized carbons (Fsp3) is 0.327. The van der Waals surface area contributed by atoms with Gasteiger partial charge in [-0.2, -0.15) is 0 Å². The van der Waals surface area contributed by atoms with E-state index >= 15 is 0 Å². The van der Waals surface area contributed by atoms with Crippen LogP contribution in [0.2, 0.25) is 0 Å². The number of carbonyl (C=O) groups is 2. The molecule has 5 bridgehead atoms. The van der Waals surface area contributed by atoms with Crippen molar-refractivity contribution in [1.29, 1.82) is 0 Å². The van der Waals surface area contributed by atoms with Gasteiger partial charge in [0.15, 0.2) is 17.8 Å². The van der Waals surface area contributed by atoms with Gasteiger partial charge in [0.05, 0.1) is 18.6 Å². The second kappa shape index (κ2) is 16.1. The monoisotopic (exact) mass is 800 g/mol.